The Bertz CT molecular complexity index is 512. The molecule has 0 aliphatic heterocycles. The van der Waals surface area contributed by atoms with Crippen LogP contribution in [0.15, 0.2) is 45.5 Å². The SMILES string of the molecule is O=C([O-])/C(Cl)=C(Cl)\C=N/NC(=O)c1ccccc1. The van der Waals surface area contributed by atoms with Crippen LogP contribution in [-0.2, 0) is 4.79 Å². The predicted molar refractivity (Wildman–Crippen MR) is 66.1 cm³/mol. The number of hydrogen-bond acceptors (Lipinski definition) is 4. The zero-order valence-corrected chi connectivity index (χ0v) is 10.4. The largest absolute Gasteiger partial charge is 0.544 e. The van der Waals surface area contributed by atoms with Crippen molar-refractivity contribution in [2.75, 3.05) is 0 Å². The number of carbonyl (C=O) groups is 2. The van der Waals surface area contributed by atoms with E-state index in [1.54, 1.807) is 30.3 Å². The van der Waals surface area contributed by atoms with Crippen molar-refractivity contribution in [3.63, 3.8) is 0 Å². The molecule has 0 atom stereocenters. The van der Waals surface area contributed by atoms with Crippen LogP contribution < -0.4 is 10.5 Å². The number of carboxylic acids is 1. The van der Waals surface area contributed by atoms with E-state index in [1.165, 1.54) is 0 Å². The van der Waals surface area contributed by atoms with Crippen LogP contribution in [0.25, 0.3) is 0 Å². The number of carbonyl (C=O) groups excluding carboxylic acids is 2. The summed E-state index contributed by atoms with van der Waals surface area (Å²) in [4.78, 5) is 21.8. The highest BCUT2D eigenvalue weighted by Gasteiger charge is 2.03. The minimum atomic E-state index is -1.62. The van der Waals surface area contributed by atoms with Gasteiger partial charge in [0.1, 0.15) is 0 Å². The standard InChI is InChI=1S/C11H8Cl2N2O3/c12-8(9(13)11(17)18)6-14-15-10(16)7-4-2-1-3-5-7/h1-6H,(H,15,16)(H,17,18)/p-1/b9-8-,14-6-. The molecule has 1 amide bonds. The number of halogens is 2. The number of nitrogens with zero attached hydrogens (tertiary/aromatic N) is 1. The van der Waals surface area contributed by atoms with Gasteiger partial charge in [-0.25, -0.2) is 5.43 Å². The zero-order chi connectivity index (χ0) is 13.5. The molecule has 0 aliphatic carbocycles. The smallest absolute Gasteiger partial charge is 0.271 e. The molecule has 0 fully saturated rings. The molecule has 0 aromatic heterocycles. The first kappa shape index (κ1) is 14.2. The van der Waals surface area contributed by atoms with Crippen molar-refractivity contribution < 1.29 is 14.7 Å². The van der Waals surface area contributed by atoms with Crippen LogP contribution in [0.2, 0.25) is 0 Å². The molecule has 0 spiro atoms. The quantitative estimate of drug-likeness (QED) is 0.506. The maximum absolute atomic E-state index is 11.5. The van der Waals surface area contributed by atoms with Gasteiger partial charge in [0.05, 0.1) is 22.2 Å². The predicted octanol–water partition coefficient (Wildman–Crippen LogP) is 0.841. The third-order valence-electron chi connectivity index (χ3n) is 1.77. The Morgan fingerprint density at radius 2 is 1.83 bits per heavy atom. The lowest BCUT2D eigenvalue weighted by molar-refractivity contribution is -0.298. The molecule has 1 N–H and O–H groups in total. The Balaban J connectivity index is 2.64. The first-order valence-electron chi connectivity index (χ1n) is 4.67. The second-order valence-electron chi connectivity index (χ2n) is 3.01. The van der Waals surface area contributed by atoms with Gasteiger partial charge in [0.2, 0.25) is 0 Å². The van der Waals surface area contributed by atoms with Gasteiger partial charge < -0.3 is 9.90 Å². The molecule has 0 aliphatic rings. The van der Waals surface area contributed by atoms with Crippen LogP contribution in [0.3, 0.4) is 0 Å². The van der Waals surface area contributed by atoms with Crippen molar-refractivity contribution >= 4 is 41.3 Å². The number of hydrazone groups is 1. The molecule has 94 valence electrons. The molecular weight excluding hydrogens is 279 g/mol. The van der Waals surface area contributed by atoms with Crippen molar-refractivity contribution in [1.82, 2.24) is 5.43 Å². The van der Waals surface area contributed by atoms with Gasteiger partial charge in [-0.1, -0.05) is 41.4 Å². The summed E-state index contributed by atoms with van der Waals surface area (Å²) in [7, 11) is 0. The summed E-state index contributed by atoms with van der Waals surface area (Å²) < 4.78 is 0. The third-order valence-corrected chi connectivity index (χ3v) is 2.51. The highest BCUT2D eigenvalue weighted by atomic mass is 35.5. The van der Waals surface area contributed by atoms with Gasteiger partial charge in [-0.2, -0.15) is 5.10 Å². The Morgan fingerprint density at radius 3 is 2.39 bits per heavy atom. The first-order chi connectivity index (χ1) is 8.52. The summed E-state index contributed by atoms with van der Waals surface area (Å²) in [6.45, 7) is 0. The molecule has 5 nitrogen and oxygen atoms in total. The van der Waals surface area contributed by atoms with Crippen LogP contribution in [0.1, 0.15) is 10.4 Å². The summed E-state index contributed by atoms with van der Waals surface area (Å²) in [5.41, 5.74) is 2.57. The van der Waals surface area contributed by atoms with Crippen LogP contribution in [-0.4, -0.2) is 18.1 Å². The average Bonchev–Trinajstić information content (AvgIpc) is 2.38. The maximum Gasteiger partial charge on any atom is 0.271 e. The summed E-state index contributed by atoms with van der Waals surface area (Å²) in [5, 5.41) is 12.8. The molecule has 1 rings (SSSR count). The van der Waals surface area contributed by atoms with E-state index in [1.807, 2.05) is 0 Å². The van der Waals surface area contributed by atoms with Crippen molar-refractivity contribution in [1.29, 1.82) is 0 Å². The lowest BCUT2D eigenvalue weighted by Gasteiger charge is -2.00. The number of carboxylic acid groups (broad SMARTS) is 1. The van der Waals surface area contributed by atoms with Gasteiger partial charge in [-0.3, -0.25) is 4.79 Å². The van der Waals surface area contributed by atoms with Gasteiger partial charge in [0, 0.05) is 5.56 Å². The molecule has 1 aromatic rings. The van der Waals surface area contributed by atoms with E-state index in [9.17, 15) is 14.7 Å². The van der Waals surface area contributed by atoms with E-state index in [0.29, 0.717) is 5.56 Å². The van der Waals surface area contributed by atoms with Gasteiger partial charge in [-0.05, 0) is 12.1 Å². The fourth-order valence-electron chi connectivity index (χ4n) is 0.956. The number of aliphatic carboxylic acids is 1. The van der Waals surface area contributed by atoms with E-state index in [4.69, 9.17) is 23.2 Å². The van der Waals surface area contributed by atoms with Gasteiger partial charge in [0.15, 0.2) is 0 Å². The van der Waals surface area contributed by atoms with E-state index >= 15 is 0 Å². The minimum Gasteiger partial charge on any atom is -0.544 e. The summed E-state index contributed by atoms with van der Waals surface area (Å²) in [6.07, 6.45) is 0.903. The van der Waals surface area contributed by atoms with Crippen molar-refractivity contribution in [2.24, 2.45) is 5.10 Å². The number of rotatable bonds is 4. The van der Waals surface area contributed by atoms with Crippen molar-refractivity contribution in [3.8, 4) is 0 Å². The lowest BCUT2D eigenvalue weighted by Crippen LogP contribution is -2.23. The van der Waals surface area contributed by atoms with Crippen LogP contribution in [0.4, 0.5) is 0 Å². The number of nitrogens with one attached hydrogen (secondary N) is 1. The van der Waals surface area contributed by atoms with Gasteiger partial charge >= 0.3 is 0 Å². The molecule has 0 bridgehead atoms. The van der Waals surface area contributed by atoms with E-state index in [-0.39, 0.29) is 5.03 Å². The first-order valence-corrected chi connectivity index (χ1v) is 5.43. The molecular formula is C11H7Cl2N2O3-. The number of allylic oxidation sites excluding steroid dienone is 1. The summed E-state index contributed by atoms with van der Waals surface area (Å²) in [5.74, 6) is -2.08. The molecule has 0 heterocycles. The summed E-state index contributed by atoms with van der Waals surface area (Å²) >= 11 is 10.8. The van der Waals surface area contributed by atoms with E-state index in [2.05, 4.69) is 10.5 Å². The molecule has 1 aromatic carbocycles. The van der Waals surface area contributed by atoms with Crippen LogP contribution >= 0.6 is 23.2 Å². The Labute approximate surface area is 113 Å². The van der Waals surface area contributed by atoms with Gasteiger partial charge in [0.25, 0.3) is 5.91 Å². The number of benzene rings is 1. The maximum atomic E-state index is 11.5. The van der Waals surface area contributed by atoms with Crippen molar-refractivity contribution in [3.05, 3.63) is 46.0 Å². The molecule has 0 saturated heterocycles. The molecule has 7 heteroatoms. The average molecular weight is 286 g/mol. The molecule has 0 saturated carbocycles. The molecule has 0 radical (unpaired) electrons. The molecule has 18 heavy (non-hydrogen) atoms. The van der Waals surface area contributed by atoms with Crippen LogP contribution in [0, 0.1) is 0 Å². The highest BCUT2D eigenvalue weighted by molar-refractivity contribution is 6.51. The Morgan fingerprint density at radius 1 is 1.22 bits per heavy atom. The Hall–Kier alpha value is -1.85. The fourth-order valence-corrected chi connectivity index (χ4v) is 1.13. The topological polar surface area (TPSA) is 81.6 Å². The highest BCUT2D eigenvalue weighted by Crippen LogP contribution is 2.10. The number of hydrogen-bond donors (Lipinski definition) is 1. The second-order valence-corrected chi connectivity index (χ2v) is 3.80. The van der Waals surface area contributed by atoms with E-state index < -0.39 is 16.9 Å². The summed E-state index contributed by atoms with van der Waals surface area (Å²) in [6, 6.07) is 8.34. The zero-order valence-electron chi connectivity index (χ0n) is 8.89. The minimum absolute atomic E-state index is 0.343. The monoisotopic (exact) mass is 285 g/mol. The Kier molecular flexibility index (Phi) is 5.35. The second kappa shape index (κ2) is 6.78. The van der Waals surface area contributed by atoms with Gasteiger partial charge in [-0.15, -0.1) is 0 Å². The van der Waals surface area contributed by atoms with Crippen molar-refractivity contribution in [2.45, 2.75) is 0 Å². The normalized spacial score (nSPS) is 12.1. The third kappa shape index (κ3) is 4.20. The van der Waals surface area contributed by atoms with E-state index in [0.717, 1.165) is 6.21 Å². The molecule has 0 unspecified atom stereocenters. The fraction of sp³-hybridized carbons (Fsp3) is 0. The number of amides is 1. The lowest BCUT2D eigenvalue weighted by atomic mass is 10.2. The van der Waals surface area contributed by atoms with Crippen LogP contribution in [0.5, 0.6) is 0 Å².